The Labute approximate surface area is 134 Å². The Hall–Kier alpha value is -0.895. The molecule has 3 aliphatic rings. The van der Waals surface area contributed by atoms with Gasteiger partial charge >= 0.3 is 0 Å². The summed E-state index contributed by atoms with van der Waals surface area (Å²) in [5.74, 6) is 1.45. The number of hydrogen-bond acceptors (Lipinski definition) is 3. The molecule has 7 atom stereocenters. The summed E-state index contributed by atoms with van der Waals surface area (Å²) in [6.07, 6.45) is 7.52. The molecule has 5 unspecified atom stereocenters. The Morgan fingerprint density at radius 3 is 2.77 bits per heavy atom. The van der Waals surface area contributed by atoms with Crippen molar-refractivity contribution in [3.05, 3.63) is 12.2 Å². The normalized spacial score (nSPS) is 53.4. The smallest absolute Gasteiger partial charge is 0.161 e. The Morgan fingerprint density at radius 1 is 1.45 bits per heavy atom. The van der Waals surface area contributed by atoms with Gasteiger partial charge in [0.05, 0.1) is 5.60 Å². The van der Waals surface area contributed by atoms with Crippen LogP contribution in [0.3, 0.4) is 0 Å². The van der Waals surface area contributed by atoms with Crippen molar-refractivity contribution in [1.29, 1.82) is 0 Å². The molecule has 2 bridgehead atoms. The van der Waals surface area contributed by atoms with Gasteiger partial charge in [0.25, 0.3) is 0 Å². The SMILES string of the molecule is B[C@@H]1C(C)C2C3(C=CC(=O)[C@@]2(C)CCC=O)CC1C(C)(O)C3. The van der Waals surface area contributed by atoms with Crippen LogP contribution < -0.4 is 0 Å². The molecule has 2 saturated carbocycles. The molecule has 0 aromatic heterocycles. The predicted molar refractivity (Wildman–Crippen MR) is 88.3 cm³/mol. The van der Waals surface area contributed by atoms with Gasteiger partial charge in [-0.15, -0.1) is 0 Å². The number of fused-ring (bicyclic) bond motifs is 1. The Bertz CT molecular complexity index is 540. The Balaban J connectivity index is 2.10. The van der Waals surface area contributed by atoms with Crippen LogP contribution in [-0.4, -0.2) is 30.6 Å². The third kappa shape index (κ3) is 1.92. The van der Waals surface area contributed by atoms with Crippen molar-refractivity contribution in [3.8, 4) is 0 Å². The number of ketones is 1. The van der Waals surface area contributed by atoms with Gasteiger partial charge in [-0.3, -0.25) is 4.79 Å². The van der Waals surface area contributed by atoms with Crippen molar-refractivity contribution in [2.45, 2.75) is 57.9 Å². The monoisotopic (exact) mass is 302 g/mol. The van der Waals surface area contributed by atoms with Crippen molar-refractivity contribution in [2.75, 3.05) is 0 Å². The van der Waals surface area contributed by atoms with Gasteiger partial charge in [-0.1, -0.05) is 25.7 Å². The zero-order valence-corrected chi connectivity index (χ0v) is 14.1. The van der Waals surface area contributed by atoms with E-state index in [1.165, 1.54) is 0 Å². The quantitative estimate of drug-likeness (QED) is 0.640. The molecule has 3 nitrogen and oxygen atoms in total. The molecule has 0 saturated heterocycles. The van der Waals surface area contributed by atoms with E-state index >= 15 is 0 Å². The topological polar surface area (TPSA) is 54.4 Å². The standard InChI is InChI=1S/C18H27BO3/c1-11-14(19)12-9-18(10-17(12,3)22)7-5-13(21)16(2,15(11)18)6-4-8-20/h5,7-8,11-12,14-15,22H,4,6,9-10,19H2,1-3H3/t11?,12?,14-,15?,16-,17?,18?/m1/s1. The molecule has 22 heavy (non-hydrogen) atoms. The summed E-state index contributed by atoms with van der Waals surface area (Å²) < 4.78 is 0. The van der Waals surface area contributed by atoms with E-state index in [0.717, 1.165) is 19.1 Å². The third-order valence-electron chi connectivity index (χ3n) is 7.29. The molecule has 1 spiro atoms. The molecule has 0 amide bonds. The number of hydrogen-bond donors (Lipinski definition) is 1. The van der Waals surface area contributed by atoms with E-state index in [1.807, 2.05) is 13.8 Å². The molecule has 3 rings (SSSR count). The van der Waals surface area contributed by atoms with Crippen LogP contribution in [0.1, 0.15) is 46.5 Å². The lowest BCUT2D eigenvalue weighted by Crippen LogP contribution is -2.52. The highest BCUT2D eigenvalue weighted by Crippen LogP contribution is 2.69. The first kappa shape index (κ1) is 16.0. The molecule has 2 fully saturated rings. The summed E-state index contributed by atoms with van der Waals surface area (Å²) in [4.78, 5) is 23.6. The lowest BCUT2D eigenvalue weighted by atomic mass is 9.45. The second kappa shape index (κ2) is 4.80. The molecule has 3 aliphatic carbocycles. The van der Waals surface area contributed by atoms with Gasteiger partial charge in [-0.2, -0.15) is 0 Å². The zero-order valence-electron chi connectivity index (χ0n) is 14.1. The van der Waals surface area contributed by atoms with Gasteiger partial charge in [0.15, 0.2) is 5.78 Å². The average molecular weight is 302 g/mol. The van der Waals surface area contributed by atoms with E-state index < -0.39 is 11.0 Å². The Kier molecular flexibility index (Phi) is 3.49. The van der Waals surface area contributed by atoms with Crippen LogP contribution >= 0.6 is 0 Å². The van der Waals surface area contributed by atoms with Crippen LogP contribution in [0.25, 0.3) is 0 Å². The molecule has 0 aromatic rings. The van der Waals surface area contributed by atoms with E-state index in [-0.39, 0.29) is 17.1 Å². The van der Waals surface area contributed by atoms with Crippen molar-refractivity contribution >= 4 is 19.9 Å². The van der Waals surface area contributed by atoms with Crippen molar-refractivity contribution in [2.24, 2.45) is 28.6 Å². The summed E-state index contributed by atoms with van der Waals surface area (Å²) in [5, 5.41) is 10.9. The molecule has 0 radical (unpaired) electrons. The fourth-order valence-corrected chi connectivity index (χ4v) is 6.35. The maximum atomic E-state index is 12.7. The maximum Gasteiger partial charge on any atom is 0.161 e. The lowest BCUT2D eigenvalue weighted by molar-refractivity contribution is -0.135. The fourth-order valence-electron chi connectivity index (χ4n) is 6.35. The van der Waals surface area contributed by atoms with E-state index in [9.17, 15) is 14.7 Å². The first-order valence-corrected chi connectivity index (χ1v) is 8.58. The van der Waals surface area contributed by atoms with Crippen molar-refractivity contribution in [1.82, 2.24) is 0 Å². The molecule has 0 aromatic carbocycles. The van der Waals surface area contributed by atoms with Gasteiger partial charge in [-0.25, -0.2) is 0 Å². The molecular formula is C18H27BO3. The molecule has 120 valence electrons. The van der Waals surface area contributed by atoms with Crippen LogP contribution in [0.15, 0.2) is 12.2 Å². The lowest BCUT2D eigenvalue weighted by Gasteiger charge is -2.55. The summed E-state index contributed by atoms with van der Waals surface area (Å²) in [6.45, 7) is 6.25. The van der Waals surface area contributed by atoms with E-state index in [2.05, 4.69) is 20.8 Å². The number of allylic oxidation sites excluding steroid dienone is 2. The minimum Gasteiger partial charge on any atom is -0.390 e. The first-order chi connectivity index (χ1) is 10.2. The highest BCUT2D eigenvalue weighted by atomic mass is 16.3. The third-order valence-corrected chi connectivity index (χ3v) is 7.29. The van der Waals surface area contributed by atoms with Crippen molar-refractivity contribution in [3.63, 3.8) is 0 Å². The average Bonchev–Trinajstić information content (AvgIpc) is 2.68. The summed E-state index contributed by atoms with van der Waals surface area (Å²) in [6, 6.07) is 0. The van der Waals surface area contributed by atoms with Crippen molar-refractivity contribution < 1.29 is 14.7 Å². The van der Waals surface area contributed by atoms with Crippen LogP contribution in [0.5, 0.6) is 0 Å². The maximum absolute atomic E-state index is 12.7. The minimum atomic E-state index is -0.654. The summed E-state index contributed by atoms with van der Waals surface area (Å²) >= 11 is 0. The highest BCUT2D eigenvalue weighted by molar-refractivity contribution is 6.12. The minimum absolute atomic E-state index is 0.0777. The number of carbonyl (C=O) groups is 2. The van der Waals surface area contributed by atoms with Gasteiger partial charge in [0, 0.05) is 11.8 Å². The molecule has 0 heterocycles. The van der Waals surface area contributed by atoms with E-state index in [1.54, 1.807) is 6.08 Å². The second-order valence-corrected chi connectivity index (χ2v) is 8.59. The summed E-state index contributed by atoms with van der Waals surface area (Å²) in [5.41, 5.74) is -1.21. The van der Waals surface area contributed by atoms with Crippen LogP contribution in [0, 0.1) is 28.6 Å². The van der Waals surface area contributed by atoms with Gasteiger partial charge < -0.3 is 9.90 Å². The van der Waals surface area contributed by atoms with E-state index in [4.69, 9.17) is 0 Å². The largest absolute Gasteiger partial charge is 0.390 e. The van der Waals surface area contributed by atoms with Gasteiger partial charge in [0.2, 0.25) is 0 Å². The number of carbonyl (C=O) groups excluding carboxylic acids is 2. The second-order valence-electron chi connectivity index (χ2n) is 8.59. The van der Waals surface area contributed by atoms with Crippen LogP contribution in [0.4, 0.5) is 0 Å². The summed E-state index contributed by atoms with van der Waals surface area (Å²) in [7, 11) is 2.22. The number of aldehydes is 1. The first-order valence-electron chi connectivity index (χ1n) is 8.58. The van der Waals surface area contributed by atoms with E-state index in [0.29, 0.717) is 30.5 Å². The Morgan fingerprint density at radius 2 is 2.14 bits per heavy atom. The predicted octanol–water partition coefficient (Wildman–Crippen LogP) is 1.95. The molecule has 1 N–H and O–H groups in total. The van der Waals surface area contributed by atoms with Gasteiger partial charge in [0.1, 0.15) is 14.1 Å². The number of rotatable bonds is 3. The highest BCUT2D eigenvalue weighted by Gasteiger charge is 2.66. The van der Waals surface area contributed by atoms with Crippen LogP contribution in [-0.2, 0) is 9.59 Å². The van der Waals surface area contributed by atoms with Crippen LogP contribution in [0.2, 0.25) is 5.82 Å². The molecule has 4 heteroatoms. The molecule has 0 aliphatic heterocycles. The number of aliphatic hydroxyl groups is 1. The zero-order chi connectivity index (χ0) is 16.3. The fraction of sp³-hybridized carbons (Fsp3) is 0.778. The molecular weight excluding hydrogens is 275 g/mol. The van der Waals surface area contributed by atoms with Gasteiger partial charge in [-0.05, 0) is 55.4 Å².